The van der Waals surface area contributed by atoms with Crippen LogP contribution in [-0.2, 0) is 9.53 Å². The van der Waals surface area contributed by atoms with Gasteiger partial charge in [-0.15, -0.1) is 0 Å². The van der Waals surface area contributed by atoms with Crippen LogP contribution in [0, 0.1) is 0 Å². The number of ether oxygens (including phenoxy) is 1. The van der Waals surface area contributed by atoms with Crippen LogP contribution in [0.5, 0.6) is 0 Å². The summed E-state index contributed by atoms with van der Waals surface area (Å²) >= 11 is 0. The molecule has 1 unspecified atom stereocenters. The Hall–Kier alpha value is -0.790. The molecule has 0 bridgehead atoms. The minimum Gasteiger partial charge on any atom is -0.460 e. The number of hydrogen-bond acceptors (Lipinski definition) is 2. The quantitative estimate of drug-likeness (QED) is 0.313. The van der Waals surface area contributed by atoms with Crippen LogP contribution in [0.25, 0.3) is 0 Å². The maximum atomic E-state index is 10.0. The zero-order valence-electron chi connectivity index (χ0n) is 8.50. The Balaban J connectivity index is 3.27. The summed E-state index contributed by atoms with van der Waals surface area (Å²) in [5, 5.41) is 0. The van der Waals surface area contributed by atoms with Crippen molar-refractivity contribution >= 4 is 6.47 Å². The Kier molecular flexibility index (Phi) is 8.73. The Morgan fingerprint density at radius 1 is 1.31 bits per heavy atom. The van der Waals surface area contributed by atoms with Crippen molar-refractivity contribution in [2.45, 2.75) is 51.6 Å². The van der Waals surface area contributed by atoms with E-state index in [9.17, 15) is 4.79 Å². The molecule has 0 aromatic carbocycles. The highest BCUT2D eigenvalue weighted by atomic mass is 16.5. The van der Waals surface area contributed by atoms with Crippen molar-refractivity contribution < 1.29 is 9.53 Å². The molecule has 0 N–H and O–H groups in total. The second kappa shape index (κ2) is 9.30. The van der Waals surface area contributed by atoms with Crippen molar-refractivity contribution in [3.63, 3.8) is 0 Å². The molecule has 0 aromatic rings. The van der Waals surface area contributed by atoms with Gasteiger partial charge in [-0.3, -0.25) is 4.79 Å². The van der Waals surface area contributed by atoms with Crippen LogP contribution in [0.2, 0.25) is 0 Å². The molecule has 1 atom stereocenters. The van der Waals surface area contributed by atoms with E-state index in [4.69, 9.17) is 4.74 Å². The number of carbonyl (C=O) groups excluding carboxylic acids is 1. The lowest BCUT2D eigenvalue weighted by Crippen LogP contribution is -2.07. The van der Waals surface area contributed by atoms with Gasteiger partial charge in [0.15, 0.2) is 0 Å². The van der Waals surface area contributed by atoms with E-state index in [-0.39, 0.29) is 6.10 Å². The van der Waals surface area contributed by atoms with E-state index in [1.54, 1.807) is 6.08 Å². The van der Waals surface area contributed by atoms with Crippen LogP contribution in [0.1, 0.15) is 45.4 Å². The normalized spacial score (nSPS) is 12.1. The average Bonchev–Trinajstić information content (AvgIpc) is 2.16. The summed E-state index contributed by atoms with van der Waals surface area (Å²) in [5.74, 6) is 0. The van der Waals surface area contributed by atoms with Crippen molar-refractivity contribution in [1.82, 2.24) is 0 Å². The molecule has 0 saturated carbocycles. The number of rotatable bonds is 9. The van der Waals surface area contributed by atoms with E-state index in [0.29, 0.717) is 6.47 Å². The third-order valence-electron chi connectivity index (χ3n) is 2.09. The fraction of sp³-hybridized carbons (Fsp3) is 0.727. The van der Waals surface area contributed by atoms with E-state index >= 15 is 0 Å². The second-order valence-corrected chi connectivity index (χ2v) is 3.21. The Morgan fingerprint density at radius 2 is 2.00 bits per heavy atom. The first-order valence-corrected chi connectivity index (χ1v) is 5.06. The molecule has 2 nitrogen and oxygen atoms in total. The molecule has 0 spiro atoms. The summed E-state index contributed by atoms with van der Waals surface area (Å²) < 4.78 is 4.80. The zero-order valence-corrected chi connectivity index (χ0v) is 8.50. The smallest absolute Gasteiger partial charge is 0.293 e. The van der Waals surface area contributed by atoms with Crippen LogP contribution >= 0.6 is 0 Å². The zero-order chi connectivity index (χ0) is 9.94. The van der Waals surface area contributed by atoms with E-state index in [1.807, 2.05) is 0 Å². The Labute approximate surface area is 81.0 Å². The largest absolute Gasteiger partial charge is 0.460 e. The maximum absolute atomic E-state index is 10.0. The minimum atomic E-state index is -0.0841. The highest BCUT2D eigenvalue weighted by molar-refractivity contribution is 5.37. The summed E-state index contributed by atoms with van der Waals surface area (Å²) in [6, 6.07) is 0. The molecule has 0 aliphatic rings. The molecule has 2 heteroatoms. The molecular weight excluding hydrogens is 164 g/mol. The van der Waals surface area contributed by atoms with Crippen LogP contribution < -0.4 is 0 Å². The van der Waals surface area contributed by atoms with Crippen molar-refractivity contribution in [2.75, 3.05) is 0 Å². The monoisotopic (exact) mass is 184 g/mol. The highest BCUT2D eigenvalue weighted by Gasteiger charge is 2.02. The molecule has 0 aliphatic heterocycles. The molecule has 0 rings (SSSR count). The van der Waals surface area contributed by atoms with Gasteiger partial charge >= 0.3 is 0 Å². The van der Waals surface area contributed by atoms with Gasteiger partial charge in [0.25, 0.3) is 6.47 Å². The fourth-order valence-corrected chi connectivity index (χ4v) is 1.26. The van der Waals surface area contributed by atoms with E-state index in [2.05, 4.69) is 13.5 Å². The Bertz CT molecular complexity index is 132. The molecule has 0 amide bonds. The van der Waals surface area contributed by atoms with Crippen molar-refractivity contribution in [2.24, 2.45) is 0 Å². The van der Waals surface area contributed by atoms with Crippen LogP contribution in [0.4, 0.5) is 0 Å². The first-order chi connectivity index (χ1) is 6.35. The van der Waals surface area contributed by atoms with Crippen molar-refractivity contribution in [3.8, 4) is 0 Å². The van der Waals surface area contributed by atoms with E-state index < -0.39 is 0 Å². The number of hydrogen-bond donors (Lipinski definition) is 0. The van der Waals surface area contributed by atoms with Crippen LogP contribution in [0.3, 0.4) is 0 Å². The minimum absolute atomic E-state index is 0.0841. The van der Waals surface area contributed by atoms with Crippen molar-refractivity contribution in [3.05, 3.63) is 12.7 Å². The molecule has 0 aliphatic carbocycles. The van der Waals surface area contributed by atoms with Gasteiger partial charge < -0.3 is 4.74 Å². The van der Waals surface area contributed by atoms with E-state index in [1.165, 1.54) is 25.7 Å². The predicted molar refractivity (Wildman–Crippen MR) is 54.5 cm³/mol. The predicted octanol–water partition coefficient (Wildman–Crippen LogP) is 3.07. The second-order valence-electron chi connectivity index (χ2n) is 3.21. The summed E-state index contributed by atoms with van der Waals surface area (Å²) in [7, 11) is 0. The fourth-order valence-electron chi connectivity index (χ4n) is 1.26. The molecule has 13 heavy (non-hydrogen) atoms. The third-order valence-corrected chi connectivity index (χ3v) is 2.09. The standard InChI is InChI=1S/C11H20O2/c1-3-5-6-7-8-9-11(4-2)13-10-12/h4,10-11H,2-3,5-9H2,1H3. The van der Waals surface area contributed by atoms with Crippen LogP contribution in [-0.4, -0.2) is 12.6 Å². The van der Waals surface area contributed by atoms with Gasteiger partial charge in [-0.1, -0.05) is 45.3 Å². The molecule has 0 heterocycles. The van der Waals surface area contributed by atoms with Gasteiger partial charge in [-0.2, -0.15) is 0 Å². The molecular formula is C11H20O2. The maximum Gasteiger partial charge on any atom is 0.293 e. The molecule has 0 fully saturated rings. The van der Waals surface area contributed by atoms with Crippen LogP contribution in [0.15, 0.2) is 12.7 Å². The average molecular weight is 184 g/mol. The van der Waals surface area contributed by atoms with Gasteiger partial charge in [0.05, 0.1) is 0 Å². The molecule has 0 saturated heterocycles. The lowest BCUT2D eigenvalue weighted by molar-refractivity contribution is -0.131. The number of unbranched alkanes of at least 4 members (excludes halogenated alkanes) is 4. The third kappa shape index (κ3) is 7.57. The first-order valence-electron chi connectivity index (χ1n) is 5.06. The summed E-state index contributed by atoms with van der Waals surface area (Å²) in [6.45, 7) is 6.31. The summed E-state index contributed by atoms with van der Waals surface area (Å²) in [6.07, 6.45) is 8.69. The summed E-state index contributed by atoms with van der Waals surface area (Å²) in [4.78, 5) is 10.0. The van der Waals surface area contributed by atoms with Gasteiger partial charge in [-0.05, 0) is 12.8 Å². The lowest BCUT2D eigenvalue weighted by Gasteiger charge is -2.09. The van der Waals surface area contributed by atoms with Gasteiger partial charge in [0.1, 0.15) is 6.10 Å². The Morgan fingerprint density at radius 3 is 2.54 bits per heavy atom. The summed E-state index contributed by atoms with van der Waals surface area (Å²) in [5.41, 5.74) is 0. The lowest BCUT2D eigenvalue weighted by atomic mass is 10.1. The first kappa shape index (κ1) is 12.2. The molecule has 0 aromatic heterocycles. The van der Waals surface area contributed by atoms with Gasteiger partial charge in [0, 0.05) is 0 Å². The molecule has 0 radical (unpaired) electrons. The highest BCUT2D eigenvalue weighted by Crippen LogP contribution is 2.09. The number of carbonyl (C=O) groups is 1. The van der Waals surface area contributed by atoms with Crippen molar-refractivity contribution in [1.29, 1.82) is 0 Å². The topological polar surface area (TPSA) is 26.3 Å². The van der Waals surface area contributed by atoms with E-state index in [0.717, 1.165) is 12.8 Å². The SMILES string of the molecule is C=CC(CCCCCCC)OC=O. The van der Waals surface area contributed by atoms with Gasteiger partial charge in [0.2, 0.25) is 0 Å². The van der Waals surface area contributed by atoms with Gasteiger partial charge in [-0.25, -0.2) is 0 Å². The molecule has 76 valence electrons.